The average molecular weight is 482 g/mol. The van der Waals surface area contributed by atoms with Crippen molar-refractivity contribution in [2.24, 2.45) is 4.99 Å². The molecule has 0 bridgehead atoms. The Bertz CT molecular complexity index is 683. The number of nitrogens with zero attached hydrogens (tertiary/aromatic N) is 3. The molecule has 1 aromatic rings. The van der Waals surface area contributed by atoms with Gasteiger partial charge in [-0.2, -0.15) is 0 Å². The number of likely N-dealkylation sites (tertiary alicyclic amines) is 1. The van der Waals surface area contributed by atoms with Crippen molar-refractivity contribution in [3.8, 4) is 5.75 Å². The summed E-state index contributed by atoms with van der Waals surface area (Å²) < 4.78 is 5.60. The summed E-state index contributed by atoms with van der Waals surface area (Å²) in [5.41, 5.74) is 2.70. The van der Waals surface area contributed by atoms with Crippen molar-refractivity contribution in [1.29, 1.82) is 0 Å². The third-order valence-electron chi connectivity index (χ3n) is 5.58. The van der Waals surface area contributed by atoms with Gasteiger partial charge in [0.2, 0.25) is 0 Å². The van der Waals surface area contributed by atoms with Crippen LogP contribution in [0.3, 0.4) is 0 Å². The van der Waals surface area contributed by atoms with Crippen LogP contribution in [0.15, 0.2) is 35.3 Å². The number of halogens is 1. The molecule has 3 aliphatic rings. The Morgan fingerprint density at radius 1 is 1.30 bits per heavy atom. The van der Waals surface area contributed by atoms with Gasteiger partial charge in [0, 0.05) is 51.7 Å². The minimum atomic E-state index is 0. The molecule has 148 valence electrons. The SMILES string of the molecule is CCNC(=NCCc1ccc2c(c1)CCO2)N1CCC(N2CC=CC2)C1.I. The zero-order valence-electron chi connectivity index (χ0n) is 16.2. The number of guanidine groups is 1. The van der Waals surface area contributed by atoms with Crippen molar-refractivity contribution >= 4 is 29.9 Å². The Morgan fingerprint density at radius 2 is 2.15 bits per heavy atom. The maximum absolute atomic E-state index is 5.60. The predicted molar refractivity (Wildman–Crippen MR) is 121 cm³/mol. The van der Waals surface area contributed by atoms with E-state index in [-0.39, 0.29) is 24.0 Å². The third kappa shape index (κ3) is 4.96. The second kappa shape index (κ2) is 9.78. The number of hydrogen-bond donors (Lipinski definition) is 1. The molecule has 0 spiro atoms. The van der Waals surface area contributed by atoms with E-state index >= 15 is 0 Å². The highest BCUT2D eigenvalue weighted by Gasteiger charge is 2.29. The minimum absolute atomic E-state index is 0. The Morgan fingerprint density at radius 3 is 2.96 bits per heavy atom. The van der Waals surface area contributed by atoms with Gasteiger partial charge in [0.05, 0.1) is 6.61 Å². The van der Waals surface area contributed by atoms with E-state index in [0.717, 1.165) is 70.4 Å². The highest BCUT2D eigenvalue weighted by molar-refractivity contribution is 14.0. The van der Waals surface area contributed by atoms with Crippen LogP contribution < -0.4 is 10.1 Å². The van der Waals surface area contributed by atoms with E-state index < -0.39 is 0 Å². The number of rotatable bonds is 5. The van der Waals surface area contributed by atoms with Crippen LogP contribution in [0.4, 0.5) is 0 Å². The number of hydrogen-bond acceptors (Lipinski definition) is 3. The van der Waals surface area contributed by atoms with Gasteiger partial charge in [0.15, 0.2) is 5.96 Å². The fourth-order valence-corrected chi connectivity index (χ4v) is 4.14. The Hall–Kier alpha value is -1.28. The van der Waals surface area contributed by atoms with Gasteiger partial charge in [-0.25, -0.2) is 0 Å². The Kier molecular flexibility index (Phi) is 7.41. The average Bonchev–Trinajstić information content (AvgIpc) is 3.40. The monoisotopic (exact) mass is 482 g/mol. The molecule has 1 N–H and O–H groups in total. The molecule has 1 atom stereocenters. The molecule has 0 aliphatic carbocycles. The first kappa shape index (κ1) is 20.5. The number of ether oxygens (including phenoxy) is 1. The largest absolute Gasteiger partial charge is 0.493 e. The van der Waals surface area contributed by atoms with E-state index in [1.165, 1.54) is 17.5 Å². The lowest BCUT2D eigenvalue weighted by atomic mass is 10.1. The molecule has 1 unspecified atom stereocenters. The van der Waals surface area contributed by atoms with Crippen molar-refractivity contribution < 1.29 is 4.74 Å². The smallest absolute Gasteiger partial charge is 0.193 e. The standard InChI is InChI=1S/C21H30N4O.HI/c1-2-22-21(25-13-8-19(16-25)24-11-3-4-12-24)23-10-7-17-5-6-20-18(15-17)9-14-26-20;/h3-6,15,19H,2,7-14,16H2,1H3,(H,22,23);1H. The van der Waals surface area contributed by atoms with E-state index in [2.05, 4.69) is 52.4 Å². The van der Waals surface area contributed by atoms with Crippen molar-refractivity contribution in [2.45, 2.75) is 32.2 Å². The van der Waals surface area contributed by atoms with Gasteiger partial charge in [-0.15, -0.1) is 24.0 Å². The summed E-state index contributed by atoms with van der Waals surface area (Å²) in [5.74, 6) is 2.14. The maximum atomic E-state index is 5.60. The molecule has 1 fully saturated rings. The van der Waals surface area contributed by atoms with Crippen LogP contribution in [0.25, 0.3) is 0 Å². The van der Waals surface area contributed by atoms with Crippen LogP contribution in [0, 0.1) is 0 Å². The second-order valence-corrected chi connectivity index (χ2v) is 7.34. The molecular weight excluding hydrogens is 451 g/mol. The first-order chi connectivity index (χ1) is 12.8. The summed E-state index contributed by atoms with van der Waals surface area (Å²) in [6.07, 6.45) is 7.81. The van der Waals surface area contributed by atoms with Crippen molar-refractivity contribution in [1.82, 2.24) is 15.1 Å². The summed E-state index contributed by atoms with van der Waals surface area (Å²) in [4.78, 5) is 9.91. The molecule has 0 aromatic heterocycles. The highest BCUT2D eigenvalue weighted by atomic mass is 127. The predicted octanol–water partition coefficient (Wildman–Crippen LogP) is 2.69. The molecule has 1 saturated heterocycles. The molecule has 4 rings (SSSR count). The van der Waals surface area contributed by atoms with Gasteiger partial charge < -0.3 is 15.0 Å². The molecular formula is C21H31IN4O. The van der Waals surface area contributed by atoms with Gasteiger partial charge in [-0.05, 0) is 37.0 Å². The number of aliphatic imine (C=N–C) groups is 1. The number of nitrogens with one attached hydrogen (secondary N) is 1. The molecule has 0 saturated carbocycles. The first-order valence-electron chi connectivity index (χ1n) is 10.0. The van der Waals surface area contributed by atoms with Gasteiger partial charge in [-0.1, -0.05) is 24.3 Å². The fraction of sp³-hybridized carbons (Fsp3) is 0.571. The van der Waals surface area contributed by atoms with Crippen molar-refractivity contribution in [2.75, 3.05) is 45.9 Å². The molecule has 0 amide bonds. The first-order valence-corrected chi connectivity index (χ1v) is 10.0. The lowest BCUT2D eigenvalue weighted by Crippen LogP contribution is -2.43. The lowest BCUT2D eigenvalue weighted by molar-refractivity contribution is 0.259. The zero-order valence-corrected chi connectivity index (χ0v) is 18.5. The lowest BCUT2D eigenvalue weighted by Gasteiger charge is -2.25. The van der Waals surface area contributed by atoms with Gasteiger partial charge in [0.25, 0.3) is 0 Å². The molecule has 3 heterocycles. The van der Waals surface area contributed by atoms with Crippen LogP contribution in [-0.4, -0.2) is 67.7 Å². The maximum Gasteiger partial charge on any atom is 0.193 e. The summed E-state index contributed by atoms with van der Waals surface area (Å²) >= 11 is 0. The molecule has 27 heavy (non-hydrogen) atoms. The molecule has 6 heteroatoms. The molecule has 1 aromatic carbocycles. The minimum Gasteiger partial charge on any atom is -0.493 e. The third-order valence-corrected chi connectivity index (χ3v) is 5.58. The van der Waals surface area contributed by atoms with E-state index in [1.54, 1.807) is 0 Å². The normalized spacial score (nSPS) is 21.9. The highest BCUT2D eigenvalue weighted by Crippen LogP contribution is 2.26. The number of fused-ring (bicyclic) bond motifs is 1. The second-order valence-electron chi connectivity index (χ2n) is 7.34. The van der Waals surface area contributed by atoms with Gasteiger partial charge in [0.1, 0.15) is 5.75 Å². The summed E-state index contributed by atoms with van der Waals surface area (Å²) in [6, 6.07) is 7.24. The van der Waals surface area contributed by atoms with Crippen molar-refractivity contribution in [3.63, 3.8) is 0 Å². The molecule has 3 aliphatic heterocycles. The van der Waals surface area contributed by atoms with E-state index in [0.29, 0.717) is 6.04 Å². The summed E-state index contributed by atoms with van der Waals surface area (Å²) in [6.45, 7) is 9.11. The van der Waals surface area contributed by atoms with Gasteiger partial charge >= 0.3 is 0 Å². The van der Waals surface area contributed by atoms with Crippen LogP contribution in [-0.2, 0) is 12.8 Å². The Balaban J connectivity index is 0.00000210. The zero-order chi connectivity index (χ0) is 17.8. The summed E-state index contributed by atoms with van der Waals surface area (Å²) in [7, 11) is 0. The molecule has 5 nitrogen and oxygen atoms in total. The van der Waals surface area contributed by atoms with Crippen molar-refractivity contribution in [3.05, 3.63) is 41.5 Å². The quantitative estimate of drug-likeness (QED) is 0.303. The molecule has 0 radical (unpaired) electrons. The van der Waals surface area contributed by atoms with Crippen LogP contribution in [0.1, 0.15) is 24.5 Å². The Labute approximate surface area is 179 Å². The van der Waals surface area contributed by atoms with Gasteiger partial charge in [-0.3, -0.25) is 9.89 Å². The van der Waals surface area contributed by atoms with Crippen LogP contribution in [0.5, 0.6) is 5.75 Å². The van der Waals surface area contributed by atoms with E-state index in [4.69, 9.17) is 9.73 Å². The van der Waals surface area contributed by atoms with Crippen LogP contribution in [0.2, 0.25) is 0 Å². The fourth-order valence-electron chi connectivity index (χ4n) is 4.14. The number of benzene rings is 1. The van der Waals surface area contributed by atoms with E-state index in [9.17, 15) is 0 Å². The van der Waals surface area contributed by atoms with Crippen LogP contribution >= 0.6 is 24.0 Å². The van der Waals surface area contributed by atoms with E-state index in [1.807, 2.05) is 0 Å². The topological polar surface area (TPSA) is 40.1 Å². The summed E-state index contributed by atoms with van der Waals surface area (Å²) in [5, 5.41) is 3.49.